The third-order valence-corrected chi connectivity index (χ3v) is 1.32. The summed E-state index contributed by atoms with van der Waals surface area (Å²) in [6.07, 6.45) is 9.50. The summed E-state index contributed by atoms with van der Waals surface area (Å²) in [5.41, 5.74) is 0. The minimum absolute atomic E-state index is 0. The van der Waals surface area contributed by atoms with Gasteiger partial charge in [-0.3, -0.25) is 0 Å². The smallest absolute Gasteiger partial charge is 0.0533 e. The van der Waals surface area contributed by atoms with Gasteiger partial charge in [0.25, 0.3) is 0 Å². The largest absolute Gasteiger partial charge is 0.316 e. The van der Waals surface area contributed by atoms with Crippen LogP contribution in [-0.2, 0) is 0 Å². The average Bonchev–Trinajstić information content (AvgIpc) is 1.72. The van der Waals surface area contributed by atoms with E-state index in [-0.39, 0.29) is 23.1 Å². The first-order chi connectivity index (χ1) is 3.00. The molecule has 1 aliphatic carbocycles. The molecule has 1 saturated carbocycles. The quantitative estimate of drug-likeness (QED) is 0.411. The summed E-state index contributed by atoms with van der Waals surface area (Å²) >= 11 is 0. The average molecular weight is 109 g/mol. The molecule has 0 atom stereocenters. The van der Waals surface area contributed by atoms with Crippen LogP contribution < -0.4 is 0 Å². The van der Waals surface area contributed by atoms with Gasteiger partial charge < -0.3 is 0 Å². The molecule has 0 unspecified atom stereocenters. The maximum Gasteiger partial charge on any atom is 0.316 e. The van der Waals surface area contributed by atoms with E-state index in [1.165, 1.54) is 32.1 Å². The van der Waals surface area contributed by atoms with Gasteiger partial charge in [-0.05, 0) is 6.42 Å². The molecule has 0 aromatic heterocycles. The Morgan fingerprint density at radius 2 is 1.43 bits per heavy atom. The maximum atomic E-state index is 2.39. The Morgan fingerprint density at radius 3 is 1.57 bits per heavy atom. The van der Waals surface area contributed by atoms with Gasteiger partial charge in [0.05, 0.1) is 0 Å². The lowest BCUT2D eigenvalue weighted by Crippen LogP contribution is -1.87. The van der Waals surface area contributed by atoms with Crippen LogP contribution in [0.15, 0.2) is 0 Å². The maximum absolute atomic E-state index is 2.39. The first kappa shape index (κ1) is 7.77. The van der Waals surface area contributed by atoms with E-state index in [0.29, 0.717) is 0 Å². The molecule has 0 aromatic rings. The fourth-order valence-corrected chi connectivity index (χ4v) is 0.898. The molecule has 39 valence electrons. The Labute approximate surface area is 61.8 Å². The molecule has 0 spiro atoms. The molecule has 0 saturated heterocycles. The van der Waals surface area contributed by atoms with Crippen LogP contribution in [0.4, 0.5) is 0 Å². The van der Waals surface area contributed by atoms with Crippen LogP contribution in [0.1, 0.15) is 32.1 Å². The number of hydrogen-bond acceptors (Lipinski definition) is 0. The zero-order valence-corrected chi connectivity index (χ0v) is 4.11. The third-order valence-electron chi connectivity index (χ3n) is 1.32. The van der Waals surface area contributed by atoms with E-state index in [0.717, 1.165) is 0 Å². The summed E-state index contributed by atoms with van der Waals surface area (Å²) in [6.45, 7) is 0. The van der Waals surface area contributed by atoms with Crippen molar-refractivity contribution >= 4 is 23.1 Å². The van der Waals surface area contributed by atoms with Crippen molar-refractivity contribution in [2.45, 2.75) is 32.1 Å². The van der Waals surface area contributed by atoms with Gasteiger partial charge in [0, 0.05) is 0 Å². The fourth-order valence-electron chi connectivity index (χ4n) is 0.898. The topological polar surface area (TPSA) is 0 Å². The van der Waals surface area contributed by atoms with Crippen molar-refractivity contribution in [1.29, 1.82) is 0 Å². The lowest BCUT2D eigenvalue weighted by atomic mass is 10.0. The Morgan fingerprint density at radius 1 is 0.857 bits per heavy atom. The van der Waals surface area contributed by atoms with Crippen molar-refractivity contribution in [1.82, 2.24) is 0 Å². The Balaban J connectivity index is 0.000000360. The van der Waals surface area contributed by atoms with E-state index in [1.54, 1.807) is 0 Å². The monoisotopic (exact) mass is 109 g/mol. The Kier molecular flexibility index (Phi) is 5.45. The van der Waals surface area contributed by atoms with Crippen LogP contribution in [0.5, 0.6) is 0 Å². The van der Waals surface area contributed by atoms with Crippen LogP contribution in [-0.4, -0.2) is 23.1 Å². The van der Waals surface area contributed by atoms with Gasteiger partial charge in [0.1, 0.15) is 0 Å². The summed E-state index contributed by atoms with van der Waals surface area (Å²) in [7, 11) is 0. The molecule has 1 rings (SSSR count). The number of rotatable bonds is 0. The summed E-state index contributed by atoms with van der Waals surface area (Å²) in [6, 6.07) is 0. The van der Waals surface area contributed by atoms with Crippen LogP contribution in [0, 0.1) is 6.42 Å². The molecule has 0 N–H and O–H groups in total. The molecule has 1 radical (unpaired) electrons. The fraction of sp³-hybridized carbons (Fsp3) is 0.833. The lowest BCUT2D eigenvalue weighted by Gasteiger charge is -2.05. The van der Waals surface area contributed by atoms with Gasteiger partial charge in [0.2, 0.25) is 0 Å². The highest BCUT2D eigenvalue weighted by atomic mass is 24.3. The van der Waals surface area contributed by atoms with Gasteiger partial charge in [-0.25, -0.2) is 0 Å². The summed E-state index contributed by atoms with van der Waals surface area (Å²) in [5, 5.41) is 0. The van der Waals surface area contributed by atoms with E-state index in [2.05, 4.69) is 6.42 Å². The highest BCUT2D eigenvalue weighted by Crippen LogP contribution is 2.14. The molecule has 1 fully saturated rings. The van der Waals surface area contributed by atoms with E-state index in [4.69, 9.17) is 0 Å². The van der Waals surface area contributed by atoms with Crippen LogP contribution >= 0.6 is 0 Å². The first-order valence-electron chi connectivity index (χ1n) is 2.82. The van der Waals surface area contributed by atoms with Gasteiger partial charge in [-0.2, -0.15) is 0 Å². The lowest BCUT2D eigenvalue weighted by molar-refractivity contribution is 0.593. The summed E-state index contributed by atoms with van der Waals surface area (Å²) in [5.74, 6) is 0. The predicted molar refractivity (Wildman–Crippen MR) is 35.9 cm³/mol. The second-order valence-electron chi connectivity index (χ2n) is 1.93. The molecule has 0 aromatic carbocycles. The van der Waals surface area contributed by atoms with Crippen molar-refractivity contribution < 1.29 is 0 Å². The zero-order valence-electron chi connectivity index (χ0n) is 4.11. The standard InChI is InChI=1S/C6H11.Mg.2H/c1-2-4-6-5-3-1;;;/h1H,2-6H2;;;. The van der Waals surface area contributed by atoms with Gasteiger partial charge in [-0.15, -0.1) is 0 Å². The van der Waals surface area contributed by atoms with Crippen LogP contribution in [0.25, 0.3) is 0 Å². The van der Waals surface area contributed by atoms with Crippen molar-refractivity contribution in [3.05, 3.63) is 6.42 Å². The van der Waals surface area contributed by atoms with Crippen molar-refractivity contribution in [3.8, 4) is 0 Å². The van der Waals surface area contributed by atoms with E-state index in [1.807, 2.05) is 0 Å². The minimum atomic E-state index is 0. The van der Waals surface area contributed by atoms with Crippen molar-refractivity contribution in [2.24, 2.45) is 0 Å². The second-order valence-corrected chi connectivity index (χ2v) is 1.93. The normalized spacial score (nSPS) is 20.6. The molecule has 7 heavy (non-hydrogen) atoms. The Hall–Kier alpha value is 0.766. The second kappa shape index (κ2) is 4.91. The van der Waals surface area contributed by atoms with E-state index in [9.17, 15) is 0 Å². The highest BCUT2D eigenvalue weighted by Gasteiger charge is 1.95. The molecular formula is C6H13Mg. The molecule has 0 heterocycles. The zero-order chi connectivity index (χ0) is 4.24. The van der Waals surface area contributed by atoms with E-state index >= 15 is 0 Å². The van der Waals surface area contributed by atoms with Crippen molar-refractivity contribution in [2.75, 3.05) is 0 Å². The molecule has 0 amide bonds. The van der Waals surface area contributed by atoms with Crippen LogP contribution in [0.2, 0.25) is 0 Å². The van der Waals surface area contributed by atoms with Crippen molar-refractivity contribution in [3.63, 3.8) is 0 Å². The third kappa shape index (κ3) is 3.36. The number of hydrogen-bond donors (Lipinski definition) is 0. The minimum Gasteiger partial charge on any atom is -0.0533 e. The molecule has 0 bridgehead atoms. The molecule has 0 nitrogen and oxygen atoms in total. The molecule has 0 aliphatic heterocycles. The van der Waals surface area contributed by atoms with E-state index < -0.39 is 0 Å². The Bertz CT molecular complexity index is 19.7. The first-order valence-corrected chi connectivity index (χ1v) is 2.82. The molecular weight excluding hydrogens is 96.4 g/mol. The van der Waals surface area contributed by atoms with Crippen LogP contribution in [0.3, 0.4) is 0 Å². The van der Waals surface area contributed by atoms with Gasteiger partial charge in [-0.1, -0.05) is 32.1 Å². The van der Waals surface area contributed by atoms with Gasteiger partial charge >= 0.3 is 23.1 Å². The summed E-state index contributed by atoms with van der Waals surface area (Å²) in [4.78, 5) is 0. The predicted octanol–water partition coefficient (Wildman–Crippen LogP) is 1.24. The molecule has 1 heteroatoms. The van der Waals surface area contributed by atoms with Gasteiger partial charge in [0.15, 0.2) is 0 Å². The molecule has 1 aliphatic rings. The SMILES string of the molecule is [CH]1CCCCC1.[MgH2]. The highest BCUT2D eigenvalue weighted by molar-refractivity contribution is 5.75. The summed E-state index contributed by atoms with van der Waals surface area (Å²) < 4.78 is 0.